The molecule has 0 N–H and O–H groups in total. The highest BCUT2D eigenvalue weighted by Crippen LogP contribution is 2.16. The fourth-order valence-corrected chi connectivity index (χ4v) is 8.13. The van der Waals surface area contributed by atoms with Gasteiger partial charge in [0.15, 0.2) is 6.10 Å². The van der Waals surface area contributed by atoms with Gasteiger partial charge < -0.3 is 28.6 Å². The summed E-state index contributed by atoms with van der Waals surface area (Å²) in [7, 11) is 5.42. The molecule has 384 valence electrons. The molecular weight excluding hydrogens is 823 g/mol. The van der Waals surface area contributed by atoms with E-state index >= 15 is 0 Å². The van der Waals surface area contributed by atoms with E-state index in [0.29, 0.717) is 12.8 Å². The van der Waals surface area contributed by atoms with Crippen LogP contribution in [0.15, 0.2) is 48.6 Å². The summed E-state index contributed by atoms with van der Waals surface area (Å²) in [4.78, 5) is 37.1. The van der Waals surface area contributed by atoms with Gasteiger partial charge in [0.25, 0.3) is 0 Å². The number of carbonyl (C=O) groups excluding carboxylic acids is 3. The van der Waals surface area contributed by atoms with Crippen LogP contribution in [0.3, 0.4) is 0 Å². The summed E-state index contributed by atoms with van der Waals surface area (Å²) >= 11 is 0. The van der Waals surface area contributed by atoms with E-state index in [9.17, 15) is 19.5 Å². The Labute approximate surface area is 407 Å². The molecule has 0 spiro atoms. The Kier molecular flexibility index (Phi) is 46.7. The third kappa shape index (κ3) is 46.4. The van der Waals surface area contributed by atoms with Crippen LogP contribution in [0.1, 0.15) is 251 Å². The molecule has 0 heterocycles. The van der Waals surface area contributed by atoms with Crippen molar-refractivity contribution in [2.24, 2.45) is 0 Å². The Bertz CT molecular complexity index is 1220. The lowest BCUT2D eigenvalue weighted by atomic mass is 10.0. The minimum atomic E-state index is -1.12. The van der Waals surface area contributed by atoms with Crippen LogP contribution in [0.2, 0.25) is 0 Å². The zero-order valence-electron chi connectivity index (χ0n) is 43.9. The Morgan fingerprint density at radius 1 is 0.455 bits per heavy atom. The van der Waals surface area contributed by atoms with Crippen molar-refractivity contribution >= 4 is 17.9 Å². The van der Waals surface area contributed by atoms with E-state index in [0.717, 1.165) is 51.4 Å². The first-order valence-corrected chi connectivity index (χ1v) is 27.7. The minimum Gasteiger partial charge on any atom is -0.544 e. The van der Waals surface area contributed by atoms with Crippen molar-refractivity contribution in [2.75, 3.05) is 41.0 Å². The van der Waals surface area contributed by atoms with Crippen molar-refractivity contribution in [3.8, 4) is 0 Å². The van der Waals surface area contributed by atoms with E-state index < -0.39 is 18.1 Å². The zero-order chi connectivity index (χ0) is 48.4. The molecule has 66 heavy (non-hydrogen) atoms. The zero-order valence-corrected chi connectivity index (χ0v) is 43.9. The molecule has 0 amide bonds. The number of ether oxygens (including phenoxy) is 3. The number of hydrogen-bond acceptors (Lipinski definition) is 7. The molecule has 0 fully saturated rings. The molecule has 0 aromatic heterocycles. The molecule has 0 aliphatic rings. The number of unbranched alkanes of at least 4 members (excludes halogenated alkanes) is 28. The summed E-state index contributed by atoms with van der Waals surface area (Å²) in [5, 5.41) is 11.7. The number of carboxylic acid groups (broad SMARTS) is 1. The Balaban J connectivity index is 4.20. The normalized spacial score (nSPS) is 13.2. The average molecular weight is 928 g/mol. The highest BCUT2D eigenvalue weighted by molar-refractivity contribution is 5.70. The Morgan fingerprint density at radius 2 is 0.803 bits per heavy atom. The predicted molar refractivity (Wildman–Crippen MR) is 277 cm³/mol. The summed E-state index contributed by atoms with van der Waals surface area (Å²) < 4.78 is 17.3. The van der Waals surface area contributed by atoms with Crippen LogP contribution in [0.25, 0.3) is 0 Å². The van der Waals surface area contributed by atoms with E-state index in [1.165, 1.54) is 167 Å². The van der Waals surface area contributed by atoms with Gasteiger partial charge in [0.05, 0.1) is 40.3 Å². The summed E-state index contributed by atoms with van der Waals surface area (Å²) in [6.45, 7) is 4.65. The third-order valence-electron chi connectivity index (χ3n) is 12.4. The van der Waals surface area contributed by atoms with Crippen molar-refractivity contribution in [3.05, 3.63) is 48.6 Å². The lowest BCUT2D eigenvalue weighted by Crippen LogP contribution is -2.55. The molecule has 0 saturated carbocycles. The summed E-state index contributed by atoms with van der Waals surface area (Å²) in [5.74, 6) is -1.73. The second-order valence-corrected chi connectivity index (χ2v) is 19.8. The topological polar surface area (TPSA) is 102 Å². The number of quaternary nitrogens is 1. The van der Waals surface area contributed by atoms with Crippen LogP contribution >= 0.6 is 0 Å². The fourth-order valence-electron chi connectivity index (χ4n) is 8.13. The van der Waals surface area contributed by atoms with Gasteiger partial charge in [-0.25, -0.2) is 0 Å². The van der Waals surface area contributed by atoms with E-state index in [1.807, 2.05) is 21.1 Å². The van der Waals surface area contributed by atoms with Gasteiger partial charge in [-0.2, -0.15) is 0 Å². The van der Waals surface area contributed by atoms with Crippen molar-refractivity contribution in [1.29, 1.82) is 0 Å². The molecule has 0 rings (SSSR count). The van der Waals surface area contributed by atoms with Crippen LogP contribution in [0.5, 0.6) is 0 Å². The number of allylic oxidation sites excluding steroid dienone is 8. The van der Waals surface area contributed by atoms with Crippen molar-refractivity contribution < 1.29 is 38.2 Å². The van der Waals surface area contributed by atoms with Crippen LogP contribution in [-0.2, 0) is 28.6 Å². The SMILES string of the molecule is CCCCC/C=C\C/C=C\CCCCCCCCCCCC(=O)OCC(COCCC(C(=O)[O-])[N+](C)(C)C)OC(=O)CCCCCCCCCCCCC/C=C\C/C=C\CCCCCCC. The lowest BCUT2D eigenvalue weighted by molar-refractivity contribution is -0.889. The first-order chi connectivity index (χ1) is 32.1. The monoisotopic (exact) mass is 928 g/mol. The van der Waals surface area contributed by atoms with Gasteiger partial charge in [-0.1, -0.05) is 204 Å². The van der Waals surface area contributed by atoms with Gasteiger partial charge >= 0.3 is 11.9 Å². The first-order valence-electron chi connectivity index (χ1n) is 27.7. The van der Waals surface area contributed by atoms with E-state index in [-0.39, 0.29) is 42.7 Å². The Morgan fingerprint density at radius 3 is 1.20 bits per heavy atom. The number of rotatable bonds is 50. The maximum absolute atomic E-state index is 12.8. The van der Waals surface area contributed by atoms with Gasteiger partial charge in [-0.15, -0.1) is 0 Å². The van der Waals surface area contributed by atoms with Crippen molar-refractivity contribution in [1.82, 2.24) is 0 Å². The molecule has 0 aromatic rings. The van der Waals surface area contributed by atoms with Crippen LogP contribution in [-0.4, -0.2) is 75.5 Å². The molecule has 2 atom stereocenters. The highest BCUT2D eigenvalue weighted by Gasteiger charge is 2.25. The smallest absolute Gasteiger partial charge is 0.306 e. The third-order valence-corrected chi connectivity index (χ3v) is 12.4. The van der Waals surface area contributed by atoms with Crippen LogP contribution in [0, 0.1) is 0 Å². The highest BCUT2D eigenvalue weighted by atomic mass is 16.6. The summed E-state index contributed by atoms with van der Waals surface area (Å²) in [6.07, 6.45) is 60.0. The van der Waals surface area contributed by atoms with Gasteiger partial charge in [-0.05, 0) is 77.0 Å². The predicted octanol–water partition coefficient (Wildman–Crippen LogP) is 15.0. The quantitative estimate of drug-likeness (QED) is 0.0259. The van der Waals surface area contributed by atoms with Crippen LogP contribution in [0.4, 0.5) is 0 Å². The molecular formula is C58H105NO7. The molecule has 0 aliphatic carbocycles. The molecule has 0 saturated heterocycles. The molecule has 0 radical (unpaired) electrons. The number of aliphatic carboxylic acids is 1. The standard InChI is InChI=1S/C58H105NO7/c1-6-8-10-12-14-16-18-20-22-24-26-27-28-29-31-33-35-37-39-41-43-45-47-49-57(61)66-54(52-64-51-50-55(58(62)63)59(3,4)5)53-65-56(60)48-46-44-42-40-38-36-34-32-30-25-23-21-19-17-15-13-11-9-7-2/h15,17-18,20-21,23-24,26,54-55H,6-14,16,19,22,25,27-53H2,1-5H3/b17-15-,20-18-,23-21-,26-24-. The number of nitrogens with zero attached hydrogens (tertiary/aromatic N) is 1. The molecule has 8 heteroatoms. The first kappa shape index (κ1) is 63.3. The molecule has 0 bridgehead atoms. The summed E-state index contributed by atoms with van der Waals surface area (Å²) in [6, 6.07) is -0.728. The molecule has 2 unspecified atom stereocenters. The Hall–Kier alpha value is -2.71. The van der Waals surface area contributed by atoms with Crippen molar-refractivity contribution in [2.45, 2.75) is 264 Å². The van der Waals surface area contributed by atoms with E-state index in [1.54, 1.807) is 0 Å². The second kappa shape index (κ2) is 48.7. The number of esters is 2. The van der Waals surface area contributed by atoms with Gasteiger partial charge in [0, 0.05) is 19.3 Å². The van der Waals surface area contributed by atoms with Gasteiger partial charge in [-0.3, -0.25) is 9.59 Å². The summed E-state index contributed by atoms with van der Waals surface area (Å²) in [5.41, 5.74) is 0. The fraction of sp³-hybridized carbons (Fsp3) is 0.810. The average Bonchev–Trinajstić information content (AvgIpc) is 3.28. The largest absolute Gasteiger partial charge is 0.544 e. The number of carboxylic acids is 1. The minimum absolute atomic E-state index is 0.0394. The maximum Gasteiger partial charge on any atom is 0.306 e. The number of likely N-dealkylation sites (N-methyl/N-ethyl adjacent to an activating group) is 1. The van der Waals surface area contributed by atoms with E-state index in [4.69, 9.17) is 14.2 Å². The molecule has 0 aromatic carbocycles. The molecule has 8 nitrogen and oxygen atoms in total. The van der Waals surface area contributed by atoms with Crippen LogP contribution < -0.4 is 5.11 Å². The van der Waals surface area contributed by atoms with E-state index in [2.05, 4.69) is 62.5 Å². The second-order valence-electron chi connectivity index (χ2n) is 19.8. The maximum atomic E-state index is 12.8. The van der Waals surface area contributed by atoms with Crippen molar-refractivity contribution in [3.63, 3.8) is 0 Å². The van der Waals surface area contributed by atoms with Gasteiger partial charge in [0.1, 0.15) is 12.6 Å². The lowest BCUT2D eigenvalue weighted by Gasteiger charge is -2.34. The number of carbonyl (C=O) groups is 3. The van der Waals surface area contributed by atoms with Gasteiger partial charge in [0.2, 0.25) is 0 Å². The molecule has 0 aliphatic heterocycles. The number of hydrogen-bond donors (Lipinski definition) is 0.